The number of rotatable bonds is 5. The maximum atomic E-state index is 12.5. The molecule has 1 aliphatic heterocycles. The molecule has 0 radical (unpaired) electrons. The maximum absolute atomic E-state index is 12.5. The highest BCUT2D eigenvalue weighted by Gasteiger charge is 2.27. The Morgan fingerprint density at radius 2 is 1.54 bits per heavy atom. The smallest absolute Gasteiger partial charge is 0.315 e. The summed E-state index contributed by atoms with van der Waals surface area (Å²) in [5.41, 5.74) is 0.802. The van der Waals surface area contributed by atoms with E-state index >= 15 is 0 Å². The van der Waals surface area contributed by atoms with Crippen molar-refractivity contribution in [2.45, 2.75) is 70.0 Å². The van der Waals surface area contributed by atoms with E-state index in [1.165, 1.54) is 19.3 Å². The van der Waals surface area contributed by atoms with Gasteiger partial charge in [0.05, 0.1) is 6.04 Å². The Kier molecular flexibility index (Phi) is 7.73. The lowest BCUT2D eigenvalue weighted by atomic mass is 9.96. The van der Waals surface area contributed by atoms with Gasteiger partial charge in [-0.1, -0.05) is 35.2 Å². The third kappa shape index (κ3) is 6.21. The standard InChI is InChI=1S/C21H31BrN4O2/c1-15(20(27)23-18-9-7-16(22)8-10-18)26-13-11-19(12-14-26)25-21(28)24-17-5-3-2-4-6-17/h7-10,15,17,19H,2-6,11-14H2,1H3,(H,23,27)(H2,24,25,28). The number of anilines is 1. The summed E-state index contributed by atoms with van der Waals surface area (Å²) in [5.74, 6) is 0.00349. The van der Waals surface area contributed by atoms with Gasteiger partial charge in [0.2, 0.25) is 5.91 Å². The number of hydrogen-bond donors (Lipinski definition) is 3. The zero-order chi connectivity index (χ0) is 19.9. The van der Waals surface area contributed by atoms with E-state index in [1.807, 2.05) is 31.2 Å². The molecular formula is C21H31BrN4O2. The van der Waals surface area contributed by atoms with Gasteiger partial charge in [0.1, 0.15) is 0 Å². The van der Waals surface area contributed by atoms with Crippen molar-refractivity contribution in [2.75, 3.05) is 18.4 Å². The first-order chi connectivity index (χ1) is 13.5. The van der Waals surface area contributed by atoms with E-state index in [1.54, 1.807) is 0 Å². The molecule has 3 N–H and O–H groups in total. The van der Waals surface area contributed by atoms with Crippen LogP contribution in [-0.2, 0) is 4.79 Å². The molecule has 7 heteroatoms. The van der Waals surface area contributed by atoms with Gasteiger partial charge < -0.3 is 16.0 Å². The van der Waals surface area contributed by atoms with Crippen molar-refractivity contribution in [1.29, 1.82) is 0 Å². The van der Waals surface area contributed by atoms with E-state index < -0.39 is 0 Å². The van der Waals surface area contributed by atoms with Crippen molar-refractivity contribution in [3.63, 3.8) is 0 Å². The highest BCUT2D eigenvalue weighted by molar-refractivity contribution is 9.10. The number of carbonyl (C=O) groups is 2. The van der Waals surface area contributed by atoms with Gasteiger partial charge in [0.25, 0.3) is 0 Å². The van der Waals surface area contributed by atoms with Crippen LogP contribution in [0.15, 0.2) is 28.7 Å². The number of hydrogen-bond acceptors (Lipinski definition) is 3. The molecule has 1 aliphatic carbocycles. The number of nitrogens with one attached hydrogen (secondary N) is 3. The molecule has 1 atom stereocenters. The number of nitrogens with zero attached hydrogens (tertiary/aromatic N) is 1. The fourth-order valence-electron chi connectivity index (χ4n) is 4.04. The predicted octanol–water partition coefficient (Wildman–Crippen LogP) is 3.87. The molecule has 2 fully saturated rings. The van der Waals surface area contributed by atoms with Gasteiger partial charge in [-0.25, -0.2) is 4.79 Å². The summed E-state index contributed by atoms with van der Waals surface area (Å²) in [7, 11) is 0. The minimum Gasteiger partial charge on any atom is -0.335 e. The van der Waals surface area contributed by atoms with E-state index in [0.29, 0.717) is 6.04 Å². The topological polar surface area (TPSA) is 73.5 Å². The Labute approximate surface area is 175 Å². The summed E-state index contributed by atoms with van der Waals surface area (Å²) in [6, 6.07) is 7.88. The first-order valence-corrected chi connectivity index (χ1v) is 11.2. The Bertz CT molecular complexity index is 653. The first kappa shape index (κ1) is 21.1. The largest absolute Gasteiger partial charge is 0.335 e. The summed E-state index contributed by atoms with van der Waals surface area (Å²) in [6.07, 6.45) is 7.63. The predicted molar refractivity (Wildman–Crippen MR) is 115 cm³/mol. The van der Waals surface area contributed by atoms with Crippen molar-refractivity contribution in [2.24, 2.45) is 0 Å². The van der Waals surface area contributed by atoms with E-state index in [9.17, 15) is 9.59 Å². The average Bonchev–Trinajstić information content (AvgIpc) is 2.70. The van der Waals surface area contributed by atoms with Crippen LogP contribution in [-0.4, -0.2) is 48.1 Å². The quantitative estimate of drug-likeness (QED) is 0.637. The molecule has 1 aromatic carbocycles. The monoisotopic (exact) mass is 450 g/mol. The van der Waals surface area contributed by atoms with Crippen LogP contribution in [0.3, 0.4) is 0 Å². The number of carbonyl (C=O) groups excluding carboxylic acids is 2. The third-order valence-electron chi connectivity index (χ3n) is 5.84. The molecule has 3 rings (SSSR count). The van der Waals surface area contributed by atoms with Gasteiger partial charge in [-0.2, -0.15) is 0 Å². The van der Waals surface area contributed by atoms with Crippen LogP contribution in [0.1, 0.15) is 51.9 Å². The number of amides is 3. The van der Waals surface area contributed by atoms with Crippen LogP contribution in [0.2, 0.25) is 0 Å². The maximum Gasteiger partial charge on any atom is 0.315 e. The number of piperidine rings is 1. The second-order valence-electron chi connectivity index (χ2n) is 7.94. The van der Waals surface area contributed by atoms with Gasteiger partial charge >= 0.3 is 6.03 Å². The van der Waals surface area contributed by atoms with E-state index in [-0.39, 0.29) is 24.0 Å². The van der Waals surface area contributed by atoms with E-state index in [0.717, 1.165) is 48.9 Å². The van der Waals surface area contributed by atoms with Crippen molar-refractivity contribution in [3.05, 3.63) is 28.7 Å². The normalized spacial score (nSPS) is 20.4. The number of halogens is 1. The molecule has 154 valence electrons. The van der Waals surface area contributed by atoms with Crippen molar-refractivity contribution in [3.8, 4) is 0 Å². The molecule has 2 aliphatic rings. The minimum absolute atomic E-state index is 0.00349. The van der Waals surface area contributed by atoms with Gasteiger partial charge in [-0.15, -0.1) is 0 Å². The Hall–Kier alpha value is -1.60. The Morgan fingerprint density at radius 3 is 2.14 bits per heavy atom. The first-order valence-electron chi connectivity index (χ1n) is 10.4. The molecule has 1 aromatic rings. The summed E-state index contributed by atoms with van der Waals surface area (Å²) in [4.78, 5) is 26.9. The van der Waals surface area contributed by atoms with Crippen LogP contribution in [0.25, 0.3) is 0 Å². The molecule has 1 unspecified atom stereocenters. The van der Waals surface area contributed by atoms with Gasteiger partial charge in [-0.3, -0.25) is 9.69 Å². The number of urea groups is 1. The minimum atomic E-state index is -0.194. The van der Waals surface area contributed by atoms with Gasteiger partial charge in [0.15, 0.2) is 0 Å². The van der Waals surface area contributed by atoms with Crippen LogP contribution in [0, 0.1) is 0 Å². The van der Waals surface area contributed by atoms with Gasteiger partial charge in [-0.05, 0) is 56.9 Å². The molecule has 1 saturated carbocycles. The molecule has 6 nitrogen and oxygen atoms in total. The molecule has 1 saturated heterocycles. The van der Waals surface area contributed by atoms with Crippen molar-refractivity contribution >= 4 is 33.6 Å². The SMILES string of the molecule is CC(C(=O)Nc1ccc(Br)cc1)N1CCC(NC(=O)NC2CCCCC2)CC1. The fraction of sp³-hybridized carbons (Fsp3) is 0.619. The van der Waals surface area contributed by atoms with Crippen molar-refractivity contribution < 1.29 is 9.59 Å². The Balaban J connectivity index is 1.39. The third-order valence-corrected chi connectivity index (χ3v) is 6.37. The molecular weight excluding hydrogens is 420 g/mol. The van der Waals surface area contributed by atoms with Crippen LogP contribution in [0.4, 0.5) is 10.5 Å². The van der Waals surface area contributed by atoms with E-state index in [2.05, 4.69) is 36.8 Å². The zero-order valence-electron chi connectivity index (χ0n) is 16.5. The van der Waals surface area contributed by atoms with Crippen LogP contribution >= 0.6 is 15.9 Å². The fourth-order valence-corrected chi connectivity index (χ4v) is 4.30. The lowest BCUT2D eigenvalue weighted by Crippen LogP contribution is -2.53. The van der Waals surface area contributed by atoms with E-state index in [4.69, 9.17) is 0 Å². The van der Waals surface area contributed by atoms with Crippen LogP contribution in [0.5, 0.6) is 0 Å². The Morgan fingerprint density at radius 1 is 0.964 bits per heavy atom. The lowest BCUT2D eigenvalue weighted by molar-refractivity contribution is -0.121. The zero-order valence-corrected chi connectivity index (χ0v) is 18.1. The summed E-state index contributed by atoms with van der Waals surface area (Å²) < 4.78 is 0.987. The summed E-state index contributed by atoms with van der Waals surface area (Å²) >= 11 is 3.40. The average molecular weight is 451 g/mol. The summed E-state index contributed by atoms with van der Waals surface area (Å²) in [5, 5.41) is 9.21. The molecule has 0 bridgehead atoms. The highest BCUT2D eigenvalue weighted by Crippen LogP contribution is 2.19. The second-order valence-corrected chi connectivity index (χ2v) is 8.85. The summed E-state index contributed by atoms with van der Waals surface area (Å²) in [6.45, 7) is 3.56. The molecule has 28 heavy (non-hydrogen) atoms. The number of likely N-dealkylation sites (tertiary alicyclic amines) is 1. The molecule has 0 aromatic heterocycles. The van der Waals surface area contributed by atoms with Crippen LogP contribution < -0.4 is 16.0 Å². The highest BCUT2D eigenvalue weighted by atomic mass is 79.9. The molecule has 1 heterocycles. The lowest BCUT2D eigenvalue weighted by Gasteiger charge is -2.35. The molecule has 3 amide bonds. The second kappa shape index (κ2) is 10.3. The van der Waals surface area contributed by atoms with Gasteiger partial charge in [0, 0.05) is 35.3 Å². The molecule has 0 spiro atoms. The number of benzene rings is 1. The van der Waals surface area contributed by atoms with Crippen molar-refractivity contribution in [1.82, 2.24) is 15.5 Å².